The summed E-state index contributed by atoms with van der Waals surface area (Å²) in [4.78, 5) is 12.4. The van der Waals surface area contributed by atoms with E-state index >= 15 is 0 Å². The van der Waals surface area contributed by atoms with Crippen LogP contribution in [0.3, 0.4) is 0 Å². The molecule has 1 amide bonds. The number of hydrogen-bond donors (Lipinski definition) is 2. The summed E-state index contributed by atoms with van der Waals surface area (Å²) in [5, 5.41) is 17.9. The lowest BCUT2D eigenvalue weighted by molar-refractivity contribution is 0.137. The van der Waals surface area contributed by atoms with E-state index in [1.54, 1.807) is 0 Å². The number of aliphatic hydroxyl groups excluding tert-OH is 1. The molecular formula is C17H19NO4. The topological polar surface area (TPSA) is 70.0 Å². The Balaban J connectivity index is 1.97. The molecule has 0 fully saturated rings. The van der Waals surface area contributed by atoms with E-state index in [0.29, 0.717) is 25.3 Å². The van der Waals surface area contributed by atoms with Gasteiger partial charge in [-0.05, 0) is 36.2 Å². The molecular weight excluding hydrogens is 282 g/mol. The quantitative estimate of drug-likeness (QED) is 0.823. The normalized spacial score (nSPS) is 10.2. The first-order valence-corrected chi connectivity index (χ1v) is 7.09. The molecule has 0 aliphatic carbocycles. The Bertz CT molecular complexity index is 583. The smallest absolute Gasteiger partial charge is 0.407 e. The van der Waals surface area contributed by atoms with Crippen molar-refractivity contribution < 1.29 is 19.7 Å². The summed E-state index contributed by atoms with van der Waals surface area (Å²) in [5.41, 5.74) is 0.876. The van der Waals surface area contributed by atoms with Crippen LogP contribution in [0.1, 0.15) is 12.0 Å². The molecule has 2 N–H and O–H groups in total. The fourth-order valence-electron chi connectivity index (χ4n) is 2.01. The molecule has 0 aliphatic rings. The monoisotopic (exact) mass is 301 g/mol. The van der Waals surface area contributed by atoms with Crippen LogP contribution in [-0.4, -0.2) is 34.4 Å². The second-order valence-electron chi connectivity index (χ2n) is 4.84. The number of aliphatic hydroxyl groups is 1. The second kappa shape index (κ2) is 8.05. The van der Waals surface area contributed by atoms with Crippen LogP contribution in [0.25, 0.3) is 0 Å². The first-order valence-electron chi connectivity index (χ1n) is 7.09. The fraction of sp³-hybridized carbons (Fsp3) is 0.235. The molecule has 0 aromatic heterocycles. The SMILES string of the molecule is O=C(O)N(CCCO)Cc1ccc(Oc2ccccc2)cc1. The van der Waals surface area contributed by atoms with Crippen LogP contribution in [0, 0.1) is 0 Å². The Hall–Kier alpha value is -2.53. The van der Waals surface area contributed by atoms with Crippen molar-refractivity contribution in [3.8, 4) is 11.5 Å². The molecule has 2 rings (SSSR count). The zero-order valence-electron chi connectivity index (χ0n) is 12.2. The Kier molecular flexibility index (Phi) is 5.80. The average molecular weight is 301 g/mol. The Morgan fingerprint density at radius 2 is 1.64 bits per heavy atom. The third-order valence-electron chi connectivity index (χ3n) is 3.13. The summed E-state index contributed by atoms with van der Waals surface area (Å²) in [6.45, 7) is 0.586. The highest BCUT2D eigenvalue weighted by Crippen LogP contribution is 2.21. The highest BCUT2D eigenvalue weighted by atomic mass is 16.5. The van der Waals surface area contributed by atoms with E-state index in [1.807, 2.05) is 54.6 Å². The second-order valence-corrected chi connectivity index (χ2v) is 4.84. The van der Waals surface area contributed by atoms with Crippen LogP contribution >= 0.6 is 0 Å². The largest absolute Gasteiger partial charge is 0.465 e. The minimum absolute atomic E-state index is 0.0202. The van der Waals surface area contributed by atoms with E-state index in [0.717, 1.165) is 11.3 Å². The van der Waals surface area contributed by atoms with Gasteiger partial charge in [-0.1, -0.05) is 30.3 Å². The van der Waals surface area contributed by atoms with E-state index in [1.165, 1.54) is 4.90 Å². The number of ether oxygens (including phenoxy) is 1. The molecule has 0 radical (unpaired) electrons. The van der Waals surface area contributed by atoms with Crippen LogP contribution in [0.15, 0.2) is 54.6 Å². The van der Waals surface area contributed by atoms with Crippen LogP contribution in [0.5, 0.6) is 11.5 Å². The summed E-state index contributed by atoms with van der Waals surface area (Å²) in [7, 11) is 0. The van der Waals surface area contributed by atoms with Gasteiger partial charge in [0.15, 0.2) is 0 Å². The first-order chi connectivity index (χ1) is 10.7. The minimum Gasteiger partial charge on any atom is -0.465 e. The third kappa shape index (κ3) is 4.79. The predicted octanol–water partition coefficient (Wildman–Crippen LogP) is 3.34. The predicted molar refractivity (Wildman–Crippen MR) is 83.1 cm³/mol. The molecule has 0 aliphatic heterocycles. The Labute approximate surface area is 129 Å². The maximum Gasteiger partial charge on any atom is 0.407 e. The van der Waals surface area contributed by atoms with Crippen molar-refractivity contribution >= 4 is 6.09 Å². The van der Waals surface area contributed by atoms with Crippen molar-refractivity contribution in [1.82, 2.24) is 4.90 Å². The number of carboxylic acid groups (broad SMARTS) is 1. The standard InChI is InChI=1S/C17H19NO4/c19-12-4-11-18(17(20)21)13-14-7-9-16(10-8-14)22-15-5-2-1-3-6-15/h1-3,5-10,19H,4,11-13H2,(H,20,21). The Morgan fingerprint density at radius 3 is 2.23 bits per heavy atom. The van der Waals surface area contributed by atoms with Gasteiger partial charge in [0.1, 0.15) is 11.5 Å². The molecule has 2 aromatic carbocycles. The molecule has 5 nitrogen and oxygen atoms in total. The highest BCUT2D eigenvalue weighted by Gasteiger charge is 2.11. The van der Waals surface area contributed by atoms with E-state index in [-0.39, 0.29) is 6.61 Å². The number of benzene rings is 2. The summed E-state index contributed by atoms with van der Waals surface area (Å²) >= 11 is 0. The molecule has 116 valence electrons. The van der Waals surface area contributed by atoms with E-state index < -0.39 is 6.09 Å². The van der Waals surface area contributed by atoms with Gasteiger partial charge in [0, 0.05) is 19.7 Å². The van der Waals surface area contributed by atoms with Crippen LogP contribution < -0.4 is 4.74 Å². The lowest BCUT2D eigenvalue weighted by atomic mass is 10.2. The van der Waals surface area contributed by atoms with Crippen molar-refractivity contribution in [3.05, 3.63) is 60.2 Å². The maximum absolute atomic E-state index is 11.1. The third-order valence-corrected chi connectivity index (χ3v) is 3.13. The van der Waals surface area contributed by atoms with Crippen molar-refractivity contribution in [3.63, 3.8) is 0 Å². The molecule has 0 bridgehead atoms. The molecule has 0 heterocycles. The lowest BCUT2D eigenvalue weighted by Gasteiger charge is -2.18. The number of carbonyl (C=O) groups is 1. The van der Waals surface area contributed by atoms with Gasteiger partial charge in [-0.25, -0.2) is 4.79 Å². The molecule has 0 unspecified atom stereocenters. The fourth-order valence-corrected chi connectivity index (χ4v) is 2.01. The van der Waals surface area contributed by atoms with Crippen molar-refractivity contribution in [2.24, 2.45) is 0 Å². The number of nitrogens with zero attached hydrogens (tertiary/aromatic N) is 1. The maximum atomic E-state index is 11.1. The first kappa shape index (κ1) is 15.9. The highest BCUT2D eigenvalue weighted by molar-refractivity contribution is 5.65. The van der Waals surface area contributed by atoms with Crippen molar-refractivity contribution in [1.29, 1.82) is 0 Å². The molecule has 0 atom stereocenters. The van der Waals surface area contributed by atoms with E-state index in [9.17, 15) is 4.79 Å². The van der Waals surface area contributed by atoms with Gasteiger partial charge >= 0.3 is 6.09 Å². The van der Waals surface area contributed by atoms with Gasteiger partial charge in [0.05, 0.1) is 0 Å². The number of hydrogen-bond acceptors (Lipinski definition) is 3. The zero-order valence-corrected chi connectivity index (χ0v) is 12.2. The van der Waals surface area contributed by atoms with Gasteiger partial charge in [-0.15, -0.1) is 0 Å². The molecule has 2 aromatic rings. The number of amides is 1. The minimum atomic E-state index is -0.988. The summed E-state index contributed by atoms with van der Waals surface area (Å²) in [5.74, 6) is 1.46. The molecule has 5 heteroatoms. The van der Waals surface area contributed by atoms with Gasteiger partial charge < -0.3 is 19.8 Å². The van der Waals surface area contributed by atoms with Crippen molar-refractivity contribution in [2.45, 2.75) is 13.0 Å². The van der Waals surface area contributed by atoms with Crippen molar-refractivity contribution in [2.75, 3.05) is 13.2 Å². The zero-order chi connectivity index (χ0) is 15.8. The lowest BCUT2D eigenvalue weighted by Crippen LogP contribution is -2.30. The Morgan fingerprint density at radius 1 is 1.00 bits per heavy atom. The summed E-state index contributed by atoms with van der Waals surface area (Å²) < 4.78 is 5.69. The molecule has 0 saturated carbocycles. The van der Waals surface area contributed by atoms with Gasteiger partial charge in [-0.2, -0.15) is 0 Å². The summed E-state index contributed by atoms with van der Waals surface area (Å²) in [6, 6.07) is 16.8. The number of para-hydroxylation sites is 1. The van der Waals surface area contributed by atoms with Gasteiger partial charge in [0.2, 0.25) is 0 Å². The number of rotatable bonds is 7. The van der Waals surface area contributed by atoms with Crippen LogP contribution in [0.2, 0.25) is 0 Å². The molecule has 0 spiro atoms. The van der Waals surface area contributed by atoms with E-state index in [4.69, 9.17) is 14.9 Å². The van der Waals surface area contributed by atoms with E-state index in [2.05, 4.69) is 0 Å². The summed E-state index contributed by atoms with van der Waals surface area (Å²) in [6.07, 6.45) is -0.556. The van der Waals surface area contributed by atoms with Crippen LogP contribution in [-0.2, 0) is 6.54 Å². The van der Waals surface area contributed by atoms with Gasteiger partial charge in [0.25, 0.3) is 0 Å². The molecule has 22 heavy (non-hydrogen) atoms. The molecule has 0 saturated heterocycles. The average Bonchev–Trinajstić information content (AvgIpc) is 2.54. The van der Waals surface area contributed by atoms with Crippen LogP contribution in [0.4, 0.5) is 4.79 Å². The van der Waals surface area contributed by atoms with Gasteiger partial charge in [-0.3, -0.25) is 0 Å².